The largest absolute Gasteiger partial charge is 0.478 e. The van der Waals surface area contributed by atoms with Crippen molar-refractivity contribution >= 4 is 11.7 Å². The van der Waals surface area contributed by atoms with Gasteiger partial charge in [-0.1, -0.05) is 19.4 Å². The van der Waals surface area contributed by atoms with Gasteiger partial charge in [-0.15, -0.1) is 0 Å². The molecule has 0 saturated heterocycles. The van der Waals surface area contributed by atoms with Crippen LogP contribution in [0.25, 0.3) is 0 Å². The van der Waals surface area contributed by atoms with Crippen LogP contribution in [-0.4, -0.2) is 24.2 Å². The van der Waals surface area contributed by atoms with Crippen LogP contribution in [0.15, 0.2) is 24.3 Å². The van der Waals surface area contributed by atoms with E-state index in [1.165, 1.54) is 0 Å². The van der Waals surface area contributed by atoms with Crippen molar-refractivity contribution in [1.82, 2.24) is 0 Å². The van der Waals surface area contributed by atoms with Crippen LogP contribution in [0.2, 0.25) is 0 Å². The maximum atomic E-state index is 10.9. The molecular formula is C13H19NO2. The third kappa shape index (κ3) is 2.99. The van der Waals surface area contributed by atoms with Crippen molar-refractivity contribution in [2.24, 2.45) is 0 Å². The number of hydrogen-bond donors (Lipinski definition) is 1. The van der Waals surface area contributed by atoms with Gasteiger partial charge in [0, 0.05) is 18.8 Å². The molecule has 1 N–H and O–H groups in total. The lowest BCUT2D eigenvalue weighted by atomic mass is 10.1. The Kier molecular flexibility index (Phi) is 4.35. The summed E-state index contributed by atoms with van der Waals surface area (Å²) >= 11 is 0. The predicted molar refractivity (Wildman–Crippen MR) is 66.2 cm³/mol. The Morgan fingerprint density at radius 1 is 1.50 bits per heavy atom. The Hall–Kier alpha value is -1.51. The molecule has 0 bridgehead atoms. The van der Waals surface area contributed by atoms with Gasteiger partial charge in [0.15, 0.2) is 0 Å². The number of rotatable bonds is 5. The lowest BCUT2D eigenvalue weighted by molar-refractivity contribution is 0.0697. The van der Waals surface area contributed by atoms with E-state index in [1.54, 1.807) is 18.2 Å². The van der Waals surface area contributed by atoms with E-state index in [4.69, 9.17) is 5.11 Å². The molecule has 0 heterocycles. The number of carbonyl (C=O) groups is 1. The first-order chi connectivity index (χ1) is 7.56. The first kappa shape index (κ1) is 12.6. The van der Waals surface area contributed by atoms with Crippen molar-refractivity contribution in [2.45, 2.75) is 32.7 Å². The van der Waals surface area contributed by atoms with E-state index < -0.39 is 5.97 Å². The third-order valence-electron chi connectivity index (χ3n) is 2.87. The fraction of sp³-hybridized carbons (Fsp3) is 0.462. The average molecular weight is 221 g/mol. The van der Waals surface area contributed by atoms with Gasteiger partial charge in [0.25, 0.3) is 0 Å². The van der Waals surface area contributed by atoms with Crippen LogP contribution in [0.3, 0.4) is 0 Å². The number of anilines is 1. The third-order valence-corrected chi connectivity index (χ3v) is 2.87. The zero-order chi connectivity index (χ0) is 12.1. The highest BCUT2D eigenvalue weighted by Crippen LogP contribution is 2.18. The van der Waals surface area contributed by atoms with Crippen LogP contribution < -0.4 is 4.90 Å². The van der Waals surface area contributed by atoms with Gasteiger partial charge < -0.3 is 10.0 Å². The second-order valence-electron chi connectivity index (χ2n) is 4.10. The van der Waals surface area contributed by atoms with Gasteiger partial charge in [0.1, 0.15) is 0 Å². The first-order valence-corrected chi connectivity index (χ1v) is 5.62. The smallest absolute Gasteiger partial charge is 0.335 e. The topological polar surface area (TPSA) is 40.5 Å². The van der Waals surface area contributed by atoms with Gasteiger partial charge in [-0.25, -0.2) is 4.79 Å². The summed E-state index contributed by atoms with van der Waals surface area (Å²) in [5.41, 5.74) is 1.30. The molecular weight excluding hydrogens is 202 g/mol. The molecule has 0 aromatic heterocycles. The maximum absolute atomic E-state index is 10.9. The molecule has 3 nitrogen and oxygen atoms in total. The maximum Gasteiger partial charge on any atom is 0.335 e. The molecule has 0 amide bonds. The Labute approximate surface area is 96.7 Å². The molecule has 1 aromatic carbocycles. The van der Waals surface area contributed by atoms with E-state index in [0.717, 1.165) is 18.5 Å². The number of carboxylic acids is 1. The Bertz CT molecular complexity index is 363. The van der Waals surface area contributed by atoms with Gasteiger partial charge in [-0.3, -0.25) is 0 Å². The quantitative estimate of drug-likeness (QED) is 0.830. The molecule has 0 aliphatic heterocycles. The van der Waals surface area contributed by atoms with Crippen molar-refractivity contribution < 1.29 is 9.90 Å². The van der Waals surface area contributed by atoms with E-state index in [0.29, 0.717) is 11.6 Å². The normalized spacial score (nSPS) is 12.2. The van der Waals surface area contributed by atoms with Crippen LogP contribution in [-0.2, 0) is 0 Å². The Balaban J connectivity index is 2.86. The average Bonchev–Trinajstić information content (AvgIpc) is 2.28. The van der Waals surface area contributed by atoms with Gasteiger partial charge in [0.05, 0.1) is 5.56 Å². The molecule has 16 heavy (non-hydrogen) atoms. The first-order valence-electron chi connectivity index (χ1n) is 5.62. The van der Waals surface area contributed by atoms with Crippen LogP contribution in [0, 0.1) is 0 Å². The lowest BCUT2D eigenvalue weighted by Gasteiger charge is -2.27. The van der Waals surface area contributed by atoms with E-state index in [2.05, 4.69) is 18.7 Å². The molecule has 1 atom stereocenters. The van der Waals surface area contributed by atoms with E-state index in [9.17, 15) is 4.79 Å². The summed E-state index contributed by atoms with van der Waals surface area (Å²) in [6.45, 7) is 4.30. The number of benzene rings is 1. The molecule has 1 rings (SSSR count). The van der Waals surface area contributed by atoms with Crippen molar-refractivity contribution in [1.29, 1.82) is 0 Å². The molecule has 1 aromatic rings. The minimum Gasteiger partial charge on any atom is -0.478 e. The van der Waals surface area contributed by atoms with Gasteiger partial charge in [0.2, 0.25) is 0 Å². The highest BCUT2D eigenvalue weighted by molar-refractivity contribution is 5.88. The molecule has 88 valence electrons. The van der Waals surface area contributed by atoms with Gasteiger partial charge in [-0.2, -0.15) is 0 Å². The molecule has 0 spiro atoms. The van der Waals surface area contributed by atoms with Crippen LogP contribution >= 0.6 is 0 Å². The highest BCUT2D eigenvalue weighted by atomic mass is 16.4. The van der Waals surface area contributed by atoms with Crippen LogP contribution in [0.5, 0.6) is 0 Å². The summed E-state index contributed by atoms with van der Waals surface area (Å²) in [4.78, 5) is 13.0. The summed E-state index contributed by atoms with van der Waals surface area (Å²) in [7, 11) is 2.00. The SMILES string of the molecule is CCCC(C)N(C)c1cccc(C(=O)O)c1. The standard InChI is InChI=1S/C13H19NO2/c1-4-6-10(2)14(3)12-8-5-7-11(9-12)13(15)16/h5,7-10H,4,6H2,1-3H3,(H,15,16). The monoisotopic (exact) mass is 221 g/mol. The van der Waals surface area contributed by atoms with E-state index in [-0.39, 0.29) is 0 Å². The summed E-state index contributed by atoms with van der Waals surface area (Å²) < 4.78 is 0. The molecule has 3 heteroatoms. The van der Waals surface area contributed by atoms with E-state index in [1.807, 2.05) is 13.1 Å². The molecule has 0 aliphatic rings. The zero-order valence-corrected chi connectivity index (χ0v) is 10.1. The number of nitrogens with zero attached hydrogens (tertiary/aromatic N) is 1. The van der Waals surface area contributed by atoms with Gasteiger partial charge >= 0.3 is 5.97 Å². The summed E-state index contributed by atoms with van der Waals surface area (Å²) in [5.74, 6) is -0.876. The summed E-state index contributed by atoms with van der Waals surface area (Å²) in [6.07, 6.45) is 2.23. The van der Waals surface area contributed by atoms with Crippen LogP contribution in [0.1, 0.15) is 37.0 Å². The summed E-state index contributed by atoms with van der Waals surface area (Å²) in [5, 5.41) is 8.91. The number of hydrogen-bond acceptors (Lipinski definition) is 2. The molecule has 1 unspecified atom stereocenters. The minimum absolute atomic E-state index is 0.341. The van der Waals surface area contributed by atoms with Crippen molar-refractivity contribution in [3.8, 4) is 0 Å². The second kappa shape index (κ2) is 5.54. The number of aromatic carboxylic acids is 1. The second-order valence-corrected chi connectivity index (χ2v) is 4.10. The number of carboxylic acid groups (broad SMARTS) is 1. The molecule has 0 saturated carbocycles. The fourth-order valence-electron chi connectivity index (χ4n) is 1.72. The van der Waals surface area contributed by atoms with E-state index >= 15 is 0 Å². The van der Waals surface area contributed by atoms with Crippen molar-refractivity contribution in [2.75, 3.05) is 11.9 Å². The molecule has 0 radical (unpaired) electrons. The predicted octanol–water partition coefficient (Wildman–Crippen LogP) is 3.01. The highest BCUT2D eigenvalue weighted by Gasteiger charge is 2.10. The summed E-state index contributed by atoms with van der Waals surface area (Å²) in [6, 6.07) is 7.49. The molecule has 0 fully saturated rings. The minimum atomic E-state index is -0.876. The molecule has 0 aliphatic carbocycles. The zero-order valence-electron chi connectivity index (χ0n) is 10.1. The van der Waals surface area contributed by atoms with Crippen molar-refractivity contribution in [3.63, 3.8) is 0 Å². The Morgan fingerprint density at radius 3 is 2.75 bits per heavy atom. The Morgan fingerprint density at radius 2 is 2.19 bits per heavy atom. The lowest BCUT2D eigenvalue weighted by Crippen LogP contribution is -2.28. The fourth-order valence-corrected chi connectivity index (χ4v) is 1.72. The van der Waals surface area contributed by atoms with Crippen molar-refractivity contribution in [3.05, 3.63) is 29.8 Å². The van der Waals surface area contributed by atoms with Crippen LogP contribution in [0.4, 0.5) is 5.69 Å². The van der Waals surface area contributed by atoms with Gasteiger partial charge in [-0.05, 0) is 31.5 Å².